The van der Waals surface area contributed by atoms with E-state index in [2.05, 4.69) is 23.4 Å². The topological polar surface area (TPSA) is 43.8 Å². The van der Waals surface area contributed by atoms with E-state index in [1.54, 1.807) is 0 Å². The monoisotopic (exact) mass is 209 g/mol. The van der Waals surface area contributed by atoms with Crippen LogP contribution in [0.2, 0.25) is 0 Å². The second-order valence-electron chi connectivity index (χ2n) is 4.95. The Bertz CT molecular complexity index is 292. The minimum atomic E-state index is -0.179. The van der Waals surface area contributed by atoms with Gasteiger partial charge >= 0.3 is 0 Å². The summed E-state index contributed by atoms with van der Waals surface area (Å²) in [6.45, 7) is 9.37. The van der Waals surface area contributed by atoms with Crippen LogP contribution in [-0.4, -0.2) is 15.1 Å². The molecule has 0 amide bonds. The standard InChI is InChI=1S/C12H23N3/c1-5-10(6-2)11-7-14-9-15(11)8-12(3,4)13/h7,9-10H,5-6,8,13H2,1-4H3. The Kier molecular flexibility index (Phi) is 3.91. The summed E-state index contributed by atoms with van der Waals surface area (Å²) in [5.41, 5.74) is 7.17. The maximum Gasteiger partial charge on any atom is 0.0948 e. The third-order valence-corrected chi connectivity index (χ3v) is 2.73. The van der Waals surface area contributed by atoms with E-state index in [0.29, 0.717) is 5.92 Å². The molecule has 0 atom stereocenters. The van der Waals surface area contributed by atoms with Gasteiger partial charge in [0.1, 0.15) is 0 Å². The van der Waals surface area contributed by atoms with Crippen molar-refractivity contribution in [2.45, 2.75) is 58.5 Å². The molecule has 3 heteroatoms. The van der Waals surface area contributed by atoms with Crippen LogP contribution >= 0.6 is 0 Å². The first-order valence-electron chi connectivity index (χ1n) is 5.76. The highest BCUT2D eigenvalue weighted by Crippen LogP contribution is 2.23. The smallest absolute Gasteiger partial charge is 0.0948 e. The molecule has 86 valence electrons. The first-order valence-corrected chi connectivity index (χ1v) is 5.76. The van der Waals surface area contributed by atoms with Gasteiger partial charge in [0, 0.05) is 29.9 Å². The van der Waals surface area contributed by atoms with Crippen molar-refractivity contribution in [3.05, 3.63) is 18.2 Å². The van der Waals surface area contributed by atoms with Crippen molar-refractivity contribution in [3.8, 4) is 0 Å². The van der Waals surface area contributed by atoms with Crippen LogP contribution < -0.4 is 5.73 Å². The van der Waals surface area contributed by atoms with E-state index in [1.165, 1.54) is 5.69 Å². The Labute approximate surface area is 92.7 Å². The van der Waals surface area contributed by atoms with Crippen molar-refractivity contribution in [3.63, 3.8) is 0 Å². The van der Waals surface area contributed by atoms with Gasteiger partial charge in [-0.05, 0) is 26.7 Å². The first kappa shape index (κ1) is 12.2. The lowest BCUT2D eigenvalue weighted by atomic mass is 9.99. The van der Waals surface area contributed by atoms with E-state index in [-0.39, 0.29) is 5.54 Å². The number of rotatable bonds is 5. The van der Waals surface area contributed by atoms with Gasteiger partial charge < -0.3 is 10.3 Å². The number of imidazole rings is 1. The molecular formula is C12H23N3. The summed E-state index contributed by atoms with van der Waals surface area (Å²) in [5, 5.41) is 0. The van der Waals surface area contributed by atoms with E-state index in [1.807, 2.05) is 26.4 Å². The molecule has 1 heterocycles. The third-order valence-electron chi connectivity index (χ3n) is 2.73. The molecule has 0 saturated carbocycles. The molecule has 1 aromatic heterocycles. The lowest BCUT2D eigenvalue weighted by Crippen LogP contribution is -2.37. The maximum atomic E-state index is 6.03. The molecule has 0 aliphatic carbocycles. The number of hydrogen-bond acceptors (Lipinski definition) is 2. The highest BCUT2D eigenvalue weighted by Gasteiger charge is 2.17. The van der Waals surface area contributed by atoms with Crippen LogP contribution in [-0.2, 0) is 6.54 Å². The molecule has 15 heavy (non-hydrogen) atoms. The largest absolute Gasteiger partial charge is 0.333 e. The predicted molar refractivity (Wildman–Crippen MR) is 63.8 cm³/mol. The molecule has 0 aliphatic rings. The van der Waals surface area contributed by atoms with E-state index in [0.717, 1.165) is 19.4 Å². The summed E-state index contributed by atoms with van der Waals surface area (Å²) in [6, 6.07) is 0. The van der Waals surface area contributed by atoms with Crippen molar-refractivity contribution in [1.29, 1.82) is 0 Å². The van der Waals surface area contributed by atoms with Crippen molar-refractivity contribution in [1.82, 2.24) is 9.55 Å². The second kappa shape index (κ2) is 4.79. The summed E-state index contributed by atoms with van der Waals surface area (Å²) < 4.78 is 2.19. The van der Waals surface area contributed by atoms with Crippen LogP contribution in [0.4, 0.5) is 0 Å². The lowest BCUT2D eigenvalue weighted by Gasteiger charge is -2.23. The Hall–Kier alpha value is -0.830. The van der Waals surface area contributed by atoms with Crippen molar-refractivity contribution < 1.29 is 0 Å². The van der Waals surface area contributed by atoms with E-state index < -0.39 is 0 Å². The van der Waals surface area contributed by atoms with Crippen LogP contribution in [0, 0.1) is 0 Å². The van der Waals surface area contributed by atoms with Gasteiger partial charge in [-0.25, -0.2) is 4.98 Å². The molecule has 0 radical (unpaired) electrons. The molecule has 0 fully saturated rings. The minimum absolute atomic E-state index is 0.179. The second-order valence-corrected chi connectivity index (χ2v) is 4.95. The molecule has 0 saturated heterocycles. The average Bonchev–Trinajstić information content (AvgIpc) is 2.53. The van der Waals surface area contributed by atoms with Crippen molar-refractivity contribution >= 4 is 0 Å². The summed E-state index contributed by atoms with van der Waals surface area (Å²) in [6.07, 6.45) is 6.19. The fraction of sp³-hybridized carbons (Fsp3) is 0.750. The molecule has 1 rings (SSSR count). The van der Waals surface area contributed by atoms with Crippen molar-refractivity contribution in [2.75, 3.05) is 0 Å². The fourth-order valence-corrected chi connectivity index (χ4v) is 1.95. The Morgan fingerprint density at radius 1 is 1.40 bits per heavy atom. The van der Waals surface area contributed by atoms with E-state index in [9.17, 15) is 0 Å². The normalized spacial score (nSPS) is 12.4. The number of nitrogens with zero attached hydrogens (tertiary/aromatic N) is 2. The van der Waals surface area contributed by atoms with Gasteiger partial charge in [-0.1, -0.05) is 13.8 Å². The molecule has 0 unspecified atom stereocenters. The van der Waals surface area contributed by atoms with E-state index in [4.69, 9.17) is 5.73 Å². The zero-order valence-corrected chi connectivity index (χ0v) is 10.3. The van der Waals surface area contributed by atoms with Crippen molar-refractivity contribution in [2.24, 2.45) is 5.73 Å². The summed E-state index contributed by atoms with van der Waals surface area (Å²) >= 11 is 0. The van der Waals surface area contributed by atoms with Crippen LogP contribution in [0.3, 0.4) is 0 Å². The van der Waals surface area contributed by atoms with Gasteiger partial charge in [0.05, 0.1) is 6.33 Å². The molecule has 0 spiro atoms. The predicted octanol–water partition coefficient (Wildman–Crippen LogP) is 2.52. The molecule has 2 N–H and O–H groups in total. The minimum Gasteiger partial charge on any atom is -0.333 e. The first-order chi connectivity index (χ1) is 6.98. The highest BCUT2D eigenvalue weighted by molar-refractivity contribution is 5.06. The third kappa shape index (κ3) is 3.34. The maximum absolute atomic E-state index is 6.03. The number of aromatic nitrogens is 2. The fourth-order valence-electron chi connectivity index (χ4n) is 1.95. The van der Waals surface area contributed by atoms with Gasteiger partial charge in [-0.2, -0.15) is 0 Å². The summed E-state index contributed by atoms with van der Waals surface area (Å²) in [4.78, 5) is 4.23. The zero-order chi connectivity index (χ0) is 11.5. The molecule has 1 aromatic rings. The van der Waals surface area contributed by atoms with Crippen LogP contribution in [0.15, 0.2) is 12.5 Å². The highest BCUT2D eigenvalue weighted by atomic mass is 15.1. The molecular weight excluding hydrogens is 186 g/mol. The van der Waals surface area contributed by atoms with Gasteiger partial charge in [-0.3, -0.25) is 0 Å². The zero-order valence-electron chi connectivity index (χ0n) is 10.3. The van der Waals surface area contributed by atoms with Gasteiger partial charge in [0.25, 0.3) is 0 Å². The SMILES string of the molecule is CCC(CC)c1cncn1CC(C)(C)N. The molecule has 0 bridgehead atoms. The molecule has 3 nitrogen and oxygen atoms in total. The van der Waals surface area contributed by atoms with Gasteiger partial charge in [0.15, 0.2) is 0 Å². The van der Waals surface area contributed by atoms with E-state index >= 15 is 0 Å². The van der Waals surface area contributed by atoms with Crippen LogP contribution in [0.25, 0.3) is 0 Å². The number of hydrogen-bond donors (Lipinski definition) is 1. The van der Waals surface area contributed by atoms with Crippen LogP contribution in [0.1, 0.15) is 52.1 Å². The summed E-state index contributed by atoms with van der Waals surface area (Å²) in [7, 11) is 0. The summed E-state index contributed by atoms with van der Waals surface area (Å²) in [5.74, 6) is 0.606. The van der Waals surface area contributed by atoms with Crippen LogP contribution in [0.5, 0.6) is 0 Å². The Morgan fingerprint density at radius 3 is 2.47 bits per heavy atom. The lowest BCUT2D eigenvalue weighted by molar-refractivity contribution is 0.416. The Balaban J connectivity index is 2.86. The van der Waals surface area contributed by atoms with Gasteiger partial charge in [-0.15, -0.1) is 0 Å². The average molecular weight is 209 g/mol. The Morgan fingerprint density at radius 2 is 2.00 bits per heavy atom. The van der Waals surface area contributed by atoms with Gasteiger partial charge in [0.2, 0.25) is 0 Å². The molecule has 0 aromatic carbocycles. The number of nitrogens with two attached hydrogens (primary N) is 1. The quantitative estimate of drug-likeness (QED) is 0.809. The molecule has 0 aliphatic heterocycles.